The summed E-state index contributed by atoms with van der Waals surface area (Å²) in [6.45, 7) is 0.277. The monoisotopic (exact) mass is 435 g/mol. The zero-order chi connectivity index (χ0) is 23.6. The van der Waals surface area contributed by atoms with E-state index in [-0.39, 0.29) is 0 Å². The molecule has 5 unspecified atom stereocenters. The first-order valence-electron chi connectivity index (χ1n) is 8.48. The lowest BCUT2D eigenvalue weighted by Crippen LogP contribution is -2.59. The lowest BCUT2D eigenvalue weighted by atomic mass is 10.1. The highest BCUT2D eigenvalue weighted by molar-refractivity contribution is 5.97. The Balaban J connectivity index is 5.51. The third kappa shape index (κ3) is 9.26. The fraction of sp³-hybridized carbons (Fsp3) is 0.600. The van der Waals surface area contributed by atoms with E-state index in [0.717, 1.165) is 6.92 Å². The largest absolute Gasteiger partial charge is 0.481 e. The summed E-state index contributed by atoms with van der Waals surface area (Å²) in [7, 11) is 0. The van der Waals surface area contributed by atoms with Gasteiger partial charge in [0, 0.05) is 0 Å². The maximum atomic E-state index is 12.4. The van der Waals surface area contributed by atoms with E-state index in [2.05, 4.69) is 0 Å². The van der Waals surface area contributed by atoms with Crippen LogP contribution < -0.4 is 27.4 Å². The summed E-state index contributed by atoms with van der Waals surface area (Å²) < 4.78 is 0. The van der Waals surface area contributed by atoms with Crippen molar-refractivity contribution in [2.75, 3.05) is 6.61 Å². The third-order valence-electron chi connectivity index (χ3n) is 3.63. The van der Waals surface area contributed by atoms with Gasteiger partial charge >= 0.3 is 11.9 Å². The maximum Gasteiger partial charge on any atom is 0.328 e. The first kappa shape index (κ1) is 26.7. The van der Waals surface area contributed by atoms with Gasteiger partial charge in [0.1, 0.15) is 18.1 Å². The number of rotatable bonds is 13. The van der Waals surface area contributed by atoms with Gasteiger partial charge in [-0.25, -0.2) is 4.79 Å². The minimum Gasteiger partial charge on any atom is -0.481 e. The first-order valence-corrected chi connectivity index (χ1v) is 8.48. The molecular formula is C15H25N5O10. The molecule has 30 heavy (non-hydrogen) atoms. The average Bonchev–Trinajstić information content (AvgIpc) is 2.62. The molecule has 0 bridgehead atoms. The van der Waals surface area contributed by atoms with E-state index in [4.69, 9.17) is 26.8 Å². The van der Waals surface area contributed by atoms with Gasteiger partial charge in [-0.1, -0.05) is 0 Å². The molecule has 15 nitrogen and oxygen atoms in total. The van der Waals surface area contributed by atoms with Crippen molar-refractivity contribution in [1.29, 1.82) is 0 Å². The molecule has 170 valence electrons. The number of carboxylic acid groups (broad SMARTS) is 2. The van der Waals surface area contributed by atoms with Crippen LogP contribution in [0.15, 0.2) is 0 Å². The SMILES string of the molecule is CC(O)C(NC(=O)C(CC(N)=O)NC(=O)C(CC(=O)O)NC(=O)C(N)CO)C(=O)O. The first-order chi connectivity index (χ1) is 13.8. The van der Waals surface area contributed by atoms with E-state index >= 15 is 0 Å². The van der Waals surface area contributed by atoms with Crippen molar-refractivity contribution >= 4 is 35.6 Å². The summed E-state index contributed by atoms with van der Waals surface area (Å²) in [5.74, 6) is -7.67. The standard InChI is InChI=1S/C15H25N5O10/c1-5(22)11(15(29)30)20-14(28)7(2-9(17)23)19-13(27)8(3-10(24)25)18-12(26)6(16)4-21/h5-8,11,21-22H,2-4,16H2,1H3,(H2,17,23)(H,18,26)(H,19,27)(H,20,28)(H,24,25)(H,29,30). The van der Waals surface area contributed by atoms with Crippen LogP contribution in [0.2, 0.25) is 0 Å². The van der Waals surface area contributed by atoms with Crippen LogP contribution in [0.3, 0.4) is 0 Å². The fourth-order valence-electron chi connectivity index (χ4n) is 2.07. The number of hydrogen-bond donors (Lipinski definition) is 9. The van der Waals surface area contributed by atoms with E-state index in [1.54, 1.807) is 0 Å². The third-order valence-corrected chi connectivity index (χ3v) is 3.63. The van der Waals surface area contributed by atoms with E-state index in [1.165, 1.54) is 0 Å². The molecule has 0 aliphatic carbocycles. The Morgan fingerprint density at radius 2 is 1.33 bits per heavy atom. The van der Waals surface area contributed by atoms with Crippen molar-refractivity contribution in [1.82, 2.24) is 16.0 Å². The number of aliphatic carboxylic acids is 2. The van der Waals surface area contributed by atoms with Crippen molar-refractivity contribution in [2.45, 2.75) is 50.0 Å². The topological polar surface area (TPSA) is 271 Å². The van der Waals surface area contributed by atoms with Gasteiger partial charge in [0.25, 0.3) is 0 Å². The fourth-order valence-corrected chi connectivity index (χ4v) is 2.07. The minimum atomic E-state index is -1.78. The number of primary amides is 1. The smallest absolute Gasteiger partial charge is 0.328 e. The molecule has 0 saturated carbocycles. The Labute approximate surface area is 169 Å². The predicted octanol–water partition coefficient (Wildman–Crippen LogP) is -5.42. The molecule has 5 atom stereocenters. The van der Waals surface area contributed by atoms with E-state index in [1.807, 2.05) is 16.0 Å². The van der Waals surface area contributed by atoms with Crippen LogP contribution in [0.4, 0.5) is 0 Å². The van der Waals surface area contributed by atoms with Gasteiger partial charge in [0.05, 0.1) is 25.6 Å². The van der Waals surface area contributed by atoms with Crippen LogP contribution in [-0.2, 0) is 28.8 Å². The molecule has 0 radical (unpaired) electrons. The molecule has 0 aromatic carbocycles. The molecule has 0 heterocycles. The van der Waals surface area contributed by atoms with Crippen molar-refractivity contribution in [3.05, 3.63) is 0 Å². The van der Waals surface area contributed by atoms with Crippen LogP contribution in [0.1, 0.15) is 19.8 Å². The van der Waals surface area contributed by atoms with Crippen LogP contribution in [0.25, 0.3) is 0 Å². The maximum absolute atomic E-state index is 12.4. The van der Waals surface area contributed by atoms with Gasteiger partial charge in [0.2, 0.25) is 23.6 Å². The highest BCUT2D eigenvalue weighted by Crippen LogP contribution is 2.01. The van der Waals surface area contributed by atoms with Gasteiger partial charge in [0.15, 0.2) is 6.04 Å². The predicted molar refractivity (Wildman–Crippen MR) is 96.2 cm³/mol. The Morgan fingerprint density at radius 1 is 0.867 bits per heavy atom. The van der Waals surface area contributed by atoms with Gasteiger partial charge in [-0.3, -0.25) is 24.0 Å². The number of nitrogens with one attached hydrogen (secondary N) is 3. The number of carbonyl (C=O) groups is 6. The Bertz CT molecular complexity index is 683. The van der Waals surface area contributed by atoms with Gasteiger partial charge in [-0.05, 0) is 6.92 Å². The zero-order valence-corrected chi connectivity index (χ0v) is 15.9. The Morgan fingerprint density at radius 3 is 1.73 bits per heavy atom. The number of amides is 4. The minimum absolute atomic E-state index is 0.796. The van der Waals surface area contributed by atoms with Crippen LogP contribution >= 0.6 is 0 Å². The molecule has 0 saturated heterocycles. The molecule has 0 spiro atoms. The quantitative estimate of drug-likeness (QED) is 0.132. The van der Waals surface area contributed by atoms with Crippen LogP contribution in [0.5, 0.6) is 0 Å². The molecule has 0 aromatic heterocycles. The van der Waals surface area contributed by atoms with Crippen molar-refractivity contribution in [2.24, 2.45) is 11.5 Å². The number of carbonyl (C=O) groups excluding carboxylic acids is 4. The summed E-state index contributed by atoms with van der Waals surface area (Å²) in [4.78, 5) is 69.7. The summed E-state index contributed by atoms with van der Waals surface area (Å²) >= 11 is 0. The molecule has 0 fully saturated rings. The van der Waals surface area contributed by atoms with Crippen LogP contribution in [-0.4, -0.2) is 92.9 Å². The van der Waals surface area contributed by atoms with E-state index in [0.29, 0.717) is 0 Å². The number of carboxylic acids is 2. The molecule has 0 rings (SSSR count). The highest BCUT2D eigenvalue weighted by Gasteiger charge is 2.33. The number of hydrogen-bond acceptors (Lipinski definition) is 9. The van der Waals surface area contributed by atoms with E-state index in [9.17, 15) is 33.9 Å². The average molecular weight is 435 g/mol. The summed E-state index contributed by atoms with van der Waals surface area (Å²) in [6, 6.07) is -6.72. The second-order valence-electron chi connectivity index (χ2n) is 6.24. The summed E-state index contributed by atoms with van der Waals surface area (Å²) in [5.41, 5.74) is 10.3. The highest BCUT2D eigenvalue weighted by atomic mass is 16.4. The molecule has 0 aromatic rings. The van der Waals surface area contributed by atoms with Gasteiger partial charge < -0.3 is 47.8 Å². The molecule has 15 heteroatoms. The molecule has 0 aliphatic rings. The van der Waals surface area contributed by atoms with Gasteiger partial charge in [-0.2, -0.15) is 0 Å². The number of nitrogens with two attached hydrogens (primary N) is 2. The second-order valence-corrected chi connectivity index (χ2v) is 6.24. The van der Waals surface area contributed by atoms with Gasteiger partial charge in [-0.15, -0.1) is 0 Å². The number of aliphatic hydroxyl groups is 2. The van der Waals surface area contributed by atoms with Crippen molar-refractivity contribution in [3.8, 4) is 0 Å². The molecular weight excluding hydrogens is 410 g/mol. The second kappa shape index (κ2) is 12.3. The van der Waals surface area contributed by atoms with Crippen molar-refractivity contribution in [3.63, 3.8) is 0 Å². The summed E-state index contributed by atoms with van der Waals surface area (Å²) in [5, 5.41) is 42.1. The van der Waals surface area contributed by atoms with Crippen LogP contribution in [0, 0.1) is 0 Å². The molecule has 0 aliphatic heterocycles. The Kier molecular flexibility index (Phi) is 10.9. The Hall–Kier alpha value is -3.30. The van der Waals surface area contributed by atoms with Crippen molar-refractivity contribution < 1.29 is 49.2 Å². The summed E-state index contributed by atoms with van der Waals surface area (Å²) in [6.07, 6.45) is -3.27. The zero-order valence-electron chi connectivity index (χ0n) is 15.9. The van der Waals surface area contributed by atoms with E-state index < -0.39 is 85.3 Å². The lowest BCUT2D eigenvalue weighted by Gasteiger charge is -2.24. The normalized spacial score (nSPS) is 15.6. The molecule has 11 N–H and O–H groups in total. The lowest BCUT2D eigenvalue weighted by molar-refractivity contribution is -0.145. The number of aliphatic hydroxyl groups excluding tert-OH is 2. The molecule has 4 amide bonds.